The number of hydrogen-bond donors (Lipinski definition) is 3. The minimum atomic E-state index is -2.97. The molecule has 6 heteroatoms. The van der Waals surface area contributed by atoms with E-state index in [4.69, 9.17) is 5.11 Å². The molecule has 0 amide bonds. The van der Waals surface area contributed by atoms with Gasteiger partial charge >= 0.3 is 0 Å². The van der Waals surface area contributed by atoms with Crippen molar-refractivity contribution in [1.82, 2.24) is 4.90 Å². The molecule has 2 heterocycles. The van der Waals surface area contributed by atoms with Crippen molar-refractivity contribution < 1.29 is 24.1 Å². The Morgan fingerprint density at radius 1 is 1.29 bits per heavy atom. The highest BCUT2D eigenvalue weighted by Crippen LogP contribution is 2.42. The van der Waals surface area contributed by atoms with Crippen LogP contribution in [0.4, 0.5) is 8.78 Å². The number of halogens is 2. The zero-order valence-corrected chi connectivity index (χ0v) is 7.48. The average Bonchev–Trinajstić information content (AvgIpc) is 2.53. The highest BCUT2D eigenvalue weighted by molar-refractivity contribution is 5.10. The predicted octanol–water partition coefficient (Wildman–Crippen LogP) is -1.21. The maximum absolute atomic E-state index is 13.2. The third kappa shape index (κ3) is 1.18. The van der Waals surface area contributed by atoms with Crippen molar-refractivity contribution in [2.45, 2.75) is 36.6 Å². The Balaban J connectivity index is 2.26. The van der Waals surface area contributed by atoms with Gasteiger partial charge in [-0.25, -0.2) is 8.78 Å². The van der Waals surface area contributed by atoms with Gasteiger partial charge in [0.2, 0.25) is 0 Å². The molecule has 0 radical (unpaired) electrons. The Bertz CT molecular complexity index is 239. The molecule has 0 aromatic heterocycles. The molecular formula is C8H13F2NO3. The molecule has 82 valence electrons. The van der Waals surface area contributed by atoms with Crippen molar-refractivity contribution in [3.8, 4) is 0 Å². The van der Waals surface area contributed by atoms with E-state index in [0.717, 1.165) is 0 Å². The minimum absolute atomic E-state index is 0.108. The topological polar surface area (TPSA) is 63.9 Å². The van der Waals surface area contributed by atoms with Crippen molar-refractivity contribution in [3.63, 3.8) is 0 Å². The number of hydrogen-bond acceptors (Lipinski definition) is 4. The summed E-state index contributed by atoms with van der Waals surface area (Å²) < 4.78 is 26.5. The second kappa shape index (κ2) is 3.10. The molecule has 0 aromatic carbocycles. The maximum atomic E-state index is 13.2. The lowest BCUT2D eigenvalue weighted by molar-refractivity contribution is -0.0734. The van der Waals surface area contributed by atoms with Gasteiger partial charge in [-0.15, -0.1) is 0 Å². The van der Waals surface area contributed by atoms with Gasteiger partial charge in [0.1, 0.15) is 12.1 Å². The molecule has 1 unspecified atom stereocenters. The van der Waals surface area contributed by atoms with E-state index in [1.165, 1.54) is 4.90 Å². The van der Waals surface area contributed by atoms with E-state index in [1.807, 2.05) is 0 Å². The second-order valence-electron chi connectivity index (χ2n) is 3.92. The first kappa shape index (κ1) is 10.2. The average molecular weight is 209 g/mol. The molecule has 2 aliphatic heterocycles. The Labute approximate surface area is 79.8 Å². The Kier molecular flexibility index (Phi) is 2.26. The summed E-state index contributed by atoms with van der Waals surface area (Å²) >= 11 is 0. The number of fused-ring (bicyclic) bond motifs is 1. The van der Waals surface area contributed by atoms with E-state index in [2.05, 4.69) is 0 Å². The van der Waals surface area contributed by atoms with E-state index >= 15 is 0 Å². The quantitative estimate of drug-likeness (QED) is 0.507. The molecule has 4 atom stereocenters. The van der Waals surface area contributed by atoms with Gasteiger partial charge in [-0.1, -0.05) is 0 Å². The summed E-state index contributed by atoms with van der Waals surface area (Å²) in [6.45, 7) is -0.304. The van der Waals surface area contributed by atoms with Crippen LogP contribution in [0.2, 0.25) is 0 Å². The normalized spacial score (nSPS) is 46.9. The van der Waals surface area contributed by atoms with Gasteiger partial charge < -0.3 is 15.3 Å². The fourth-order valence-corrected chi connectivity index (χ4v) is 2.45. The fraction of sp³-hybridized carbons (Fsp3) is 1.00. The van der Waals surface area contributed by atoms with Crippen LogP contribution in [0.1, 0.15) is 6.42 Å². The molecule has 0 saturated carbocycles. The van der Waals surface area contributed by atoms with Crippen LogP contribution < -0.4 is 0 Å². The largest absolute Gasteiger partial charge is 0.395 e. The standard InChI is InChI=1S/C8H13F2NO3/c9-8(10)1-2-11-4(3-12)5(13)6(14)7(8)11/h4-7,12-14H,1-3H2/t4-,5-,6+,7?/m0/s1. The van der Waals surface area contributed by atoms with Crippen molar-refractivity contribution in [2.75, 3.05) is 13.2 Å². The summed E-state index contributed by atoms with van der Waals surface area (Å²) in [5.41, 5.74) is 0. The van der Waals surface area contributed by atoms with E-state index in [1.54, 1.807) is 0 Å². The zero-order valence-electron chi connectivity index (χ0n) is 7.48. The van der Waals surface area contributed by atoms with Crippen molar-refractivity contribution in [1.29, 1.82) is 0 Å². The Morgan fingerprint density at radius 3 is 2.50 bits per heavy atom. The summed E-state index contributed by atoms with van der Waals surface area (Å²) in [5, 5.41) is 27.7. The molecule has 0 bridgehead atoms. The van der Waals surface area contributed by atoms with Crippen LogP contribution >= 0.6 is 0 Å². The molecule has 2 fully saturated rings. The summed E-state index contributed by atoms with van der Waals surface area (Å²) in [6, 6.07) is -2.10. The number of nitrogens with zero attached hydrogens (tertiary/aromatic N) is 1. The first-order valence-corrected chi connectivity index (χ1v) is 4.59. The van der Waals surface area contributed by atoms with E-state index < -0.39 is 36.8 Å². The molecule has 14 heavy (non-hydrogen) atoms. The molecule has 2 saturated heterocycles. The molecule has 0 aliphatic carbocycles. The molecule has 4 nitrogen and oxygen atoms in total. The molecule has 2 rings (SSSR count). The number of aliphatic hydroxyl groups excluding tert-OH is 3. The monoisotopic (exact) mass is 209 g/mol. The molecule has 0 aromatic rings. The van der Waals surface area contributed by atoms with Crippen molar-refractivity contribution in [2.24, 2.45) is 0 Å². The van der Waals surface area contributed by atoms with Gasteiger partial charge in [0.25, 0.3) is 5.92 Å². The van der Waals surface area contributed by atoms with Crippen LogP contribution in [-0.2, 0) is 0 Å². The second-order valence-corrected chi connectivity index (χ2v) is 3.92. The smallest absolute Gasteiger partial charge is 0.267 e. The Hall–Kier alpha value is -0.300. The van der Waals surface area contributed by atoms with E-state index in [0.29, 0.717) is 0 Å². The predicted molar refractivity (Wildman–Crippen MR) is 42.9 cm³/mol. The SMILES string of the molecule is OC[C@H]1[C@H](O)[C@@H](O)C2N1CCC2(F)F. The van der Waals surface area contributed by atoms with E-state index in [-0.39, 0.29) is 13.0 Å². The first-order valence-electron chi connectivity index (χ1n) is 4.59. The summed E-state index contributed by atoms with van der Waals surface area (Å²) in [5.74, 6) is -2.97. The molecule has 0 spiro atoms. The van der Waals surface area contributed by atoms with E-state index in [9.17, 15) is 19.0 Å². The van der Waals surface area contributed by atoms with Crippen molar-refractivity contribution >= 4 is 0 Å². The maximum Gasteiger partial charge on any atom is 0.267 e. The number of rotatable bonds is 1. The van der Waals surface area contributed by atoms with Gasteiger partial charge in [0.15, 0.2) is 0 Å². The van der Waals surface area contributed by atoms with Gasteiger partial charge in [-0.05, 0) is 0 Å². The van der Waals surface area contributed by atoms with Crippen LogP contribution in [0, 0.1) is 0 Å². The van der Waals surface area contributed by atoms with Gasteiger partial charge in [-0.2, -0.15) is 0 Å². The number of alkyl halides is 2. The van der Waals surface area contributed by atoms with Crippen LogP contribution in [-0.4, -0.2) is 63.6 Å². The minimum Gasteiger partial charge on any atom is -0.395 e. The Morgan fingerprint density at radius 2 is 1.93 bits per heavy atom. The zero-order chi connectivity index (χ0) is 10.5. The summed E-state index contributed by atoms with van der Waals surface area (Å²) in [4.78, 5) is 1.30. The van der Waals surface area contributed by atoms with Crippen LogP contribution in [0.3, 0.4) is 0 Å². The third-order valence-corrected chi connectivity index (χ3v) is 3.17. The highest BCUT2D eigenvalue weighted by atomic mass is 19.3. The van der Waals surface area contributed by atoms with Crippen molar-refractivity contribution in [3.05, 3.63) is 0 Å². The third-order valence-electron chi connectivity index (χ3n) is 3.17. The molecule has 3 N–H and O–H groups in total. The highest BCUT2D eigenvalue weighted by Gasteiger charge is 2.61. The summed E-state index contributed by atoms with van der Waals surface area (Å²) in [6.07, 6.45) is -3.07. The number of aliphatic hydroxyl groups is 3. The van der Waals surface area contributed by atoms with Crippen LogP contribution in [0.25, 0.3) is 0 Å². The lowest BCUT2D eigenvalue weighted by Gasteiger charge is -2.23. The lowest BCUT2D eigenvalue weighted by atomic mass is 10.0. The summed E-state index contributed by atoms with van der Waals surface area (Å²) in [7, 11) is 0. The van der Waals surface area contributed by atoms with Crippen LogP contribution in [0.5, 0.6) is 0 Å². The first-order chi connectivity index (χ1) is 6.49. The fourth-order valence-electron chi connectivity index (χ4n) is 2.45. The van der Waals surface area contributed by atoms with Gasteiger partial charge in [0, 0.05) is 13.0 Å². The van der Waals surface area contributed by atoms with Gasteiger partial charge in [-0.3, -0.25) is 4.90 Å². The van der Waals surface area contributed by atoms with Crippen LogP contribution in [0.15, 0.2) is 0 Å². The molecule has 2 aliphatic rings. The lowest BCUT2D eigenvalue weighted by Crippen LogP contribution is -2.43. The van der Waals surface area contributed by atoms with Gasteiger partial charge in [0.05, 0.1) is 18.8 Å². The molecular weight excluding hydrogens is 196 g/mol.